The molecule has 1 aromatic heterocycles. The molecule has 2 heterocycles. The van der Waals surface area contributed by atoms with Crippen LogP contribution in [0, 0.1) is 0 Å². The zero-order chi connectivity index (χ0) is 21.3. The molecular formula is C22H22N4O3S. The van der Waals surface area contributed by atoms with E-state index in [1.807, 2.05) is 18.2 Å². The van der Waals surface area contributed by atoms with E-state index in [1.54, 1.807) is 23.1 Å². The van der Waals surface area contributed by atoms with Crippen molar-refractivity contribution in [2.75, 3.05) is 16.8 Å². The highest BCUT2D eigenvalue weighted by atomic mass is 32.1. The van der Waals surface area contributed by atoms with Crippen LogP contribution in [0.15, 0.2) is 48.5 Å². The van der Waals surface area contributed by atoms with E-state index >= 15 is 0 Å². The number of carbonyl (C=O) groups is 2. The molecule has 0 unspecified atom stereocenters. The number of nitrogens with one attached hydrogen (secondary N) is 1. The van der Waals surface area contributed by atoms with Gasteiger partial charge in [0, 0.05) is 12.5 Å². The van der Waals surface area contributed by atoms with Crippen LogP contribution in [-0.4, -0.2) is 34.7 Å². The molecule has 7 nitrogen and oxygen atoms in total. The van der Waals surface area contributed by atoms with Gasteiger partial charge in [0.15, 0.2) is 6.10 Å². The van der Waals surface area contributed by atoms with Crippen LogP contribution in [0.5, 0.6) is 5.75 Å². The molecule has 154 valence electrons. The van der Waals surface area contributed by atoms with Gasteiger partial charge in [-0.3, -0.25) is 14.9 Å². The monoisotopic (exact) mass is 422 g/mol. The number of hydrogen-bond donors (Lipinski definition) is 1. The van der Waals surface area contributed by atoms with Crippen LogP contribution in [0.1, 0.15) is 32.3 Å². The Labute approximate surface area is 178 Å². The molecule has 0 saturated carbocycles. The third kappa shape index (κ3) is 4.04. The molecule has 2 amide bonds. The van der Waals surface area contributed by atoms with E-state index in [0.717, 1.165) is 10.6 Å². The number of amides is 2. The first-order chi connectivity index (χ1) is 14.4. The number of ether oxygens (including phenoxy) is 1. The Hall–Kier alpha value is -3.26. The minimum atomic E-state index is -0.832. The van der Waals surface area contributed by atoms with Gasteiger partial charge < -0.3 is 9.64 Å². The predicted molar refractivity (Wildman–Crippen MR) is 117 cm³/mol. The van der Waals surface area contributed by atoms with Crippen molar-refractivity contribution in [3.8, 4) is 16.3 Å². The zero-order valence-corrected chi connectivity index (χ0v) is 17.8. The molecule has 3 aromatic rings. The van der Waals surface area contributed by atoms with Gasteiger partial charge in [0.25, 0.3) is 5.91 Å². The van der Waals surface area contributed by atoms with Gasteiger partial charge >= 0.3 is 0 Å². The minimum Gasteiger partial charge on any atom is -0.476 e. The van der Waals surface area contributed by atoms with E-state index in [2.05, 4.69) is 41.5 Å². The Bertz CT molecular complexity index is 1080. The molecule has 1 atom stereocenters. The zero-order valence-electron chi connectivity index (χ0n) is 17.0. The van der Waals surface area contributed by atoms with E-state index in [9.17, 15) is 9.59 Å². The summed E-state index contributed by atoms with van der Waals surface area (Å²) in [5.74, 6) is 0.445. The van der Waals surface area contributed by atoms with Crippen molar-refractivity contribution in [3.63, 3.8) is 0 Å². The number of anilines is 2. The van der Waals surface area contributed by atoms with Crippen molar-refractivity contribution in [1.82, 2.24) is 10.2 Å². The summed E-state index contributed by atoms with van der Waals surface area (Å²) in [7, 11) is 0. The molecule has 1 aliphatic heterocycles. The van der Waals surface area contributed by atoms with E-state index in [1.165, 1.54) is 23.8 Å². The molecule has 0 bridgehead atoms. The number of para-hydroxylation sites is 2. The predicted octanol–water partition coefficient (Wildman–Crippen LogP) is 4.08. The van der Waals surface area contributed by atoms with Gasteiger partial charge in [-0.1, -0.05) is 61.6 Å². The van der Waals surface area contributed by atoms with Crippen LogP contribution in [0.25, 0.3) is 10.6 Å². The van der Waals surface area contributed by atoms with Crippen molar-refractivity contribution >= 4 is 34.0 Å². The second-order valence-corrected chi connectivity index (χ2v) is 8.36. The topological polar surface area (TPSA) is 84.4 Å². The van der Waals surface area contributed by atoms with Crippen LogP contribution in [0.4, 0.5) is 10.8 Å². The Kier molecular flexibility index (Phi) is 5.50. The smallest absolute Gasteiger partial charge is 0.269 e. The standard InChI is InChI=1S/C22H22N4O3S/c1-13(2)15-8-10-16(11-9-15)21-24-25-22(30-21)23-20(28)19-12-26(14(3)27)17-6-4-5-7-18(17)29-19/h4-11,13,19H,12H2,1-3H3,(H,23,25,28)/t19-/m0/s1. The molecule has 0 fully saturated rings. The average Bonchev–Trinajstić information content (AvgIpc) is 3.21. The molecule has 2 aromatic carbocycles. The fraction of sp³-hybridized carbons (Fsp3) is 0.273. The summed E-state index contributed by atoms with van der Waals surface area (Å²) < 4.78 is 5.82. The molecule has 0 saturated heterocycles. The van der Waals surface area contributed by atoms with Crippen molar-refractivity contribution in [2.24, 2.45) is 0 Å². The molecule has 1 N–H and O–H groups in total. The van der Waals surface area contributed by atoms with Crippen LogP contribution < -0.4 is 15.0 Å². The lowest BCUT2D eigenvalue weighted by atomic mass is 10.0. The summed E-state index contributed by atoms with van der Waals surface area (Å²) >= 11 is 1.30. The lowest BCUT2D eigenvalue weighted by Gasteiger charge is -2.33. The molecule has 0 spiro atoms. The van der Waals surface area contributed by atoms with Gasteiger partial charge in [0.2, 0.25) is 11.0 Å². The largest absolute Gasteiger partial charge is 0.476 e. The maximum atomic E-state index is 12.8. The molecule has 4 rings (SSSR count). The summed E-state index contributed by atoms with van der Waals surface area (Å²) in [5, 5.41) is 12.1. The maximum absolute atomic E-state index is 12.8. The molecule has 8 heteroatoms. The summed E-state index contributed by atoms with van der Waals surface area (Å²) in [5.41, 5.74) is 2.86. The van der Waals surface area contributed by atoms with Gasteiger partial charge in [0.1, 0.15) is 10.8 Å². The summed E-state index contributed by atoms with van der Waals surface area (Å²) in [6.45, 7) is 5.90. The molecule has 30 heavy (non-hydrogen) atoms. The average molecular weight is 423 g/mol. The van der Waals surface area contributed by atoms with E-state index in [4.69, 9.17) is 4.74 Å². The first-order valence-corrected chi connectivity index (χ1v) is 10.5. The van der Waals surface area contributed by atoms with Gasteiger partial charge in [-0.15, -0.1) is 10.2 Å². The number of nitrogens with zero attached hydrogens (tertiary/aromatic N) is 3. The minimum absolute atomic E-state index is 0.139. The highest BCUT2D eigenvalue weighted by molar-refractivity contribution is 7.18. The fourth-order valence-electron chi connectivity index (χ4n) is 3.26. The Morgan fingerprint density at radius 1 is 1.13 bits per heavy atom. The molecule has 1 aliphatic rings. The van der Waals surface area contributed by atoms with Gasteiger partial charge in [-0.25, -0.2) is 0 Å². The molecule has 0 radical (unpaired) electrons. The SMILES string of the molecule is CC(=O)N1C[C@@H](C(=O)Nc2nnc(-c3ccc(C(C)C)cc3)s2)Oc2ccccc21. The Morgan fingerprint density at radius 2 is 1.87 bits per heavy atom. The number of carbonyl (C=O) groups excluding carboxylic acids is 2. The summed E-state index contributed by atoms with van der Waals surface area (Å²) in [6.07, 6.45) is -0.832. The quantitative estimate of drug-likeness (QED) is 0.685. The first-order valence-electron chi connectivity index (χ1n) is 9.71. The van der Waals surface area contributed by atoms with E-state index in [-0.39, 0.29) is 18.4 Å². The Balaban J connectivity index is 1.48. The summed E-state index contributed by atoms with van der Waals surface area (Å²) in [4.78, 5) is 26.4. The second kappa shape index (κ2) is 8.23. The lowest BCUT2D eigenvalue weighted by Crippen LogP contribution is -2.48. The van der Waals surface area contributed by atoms with Gasteiger partial charge in [0.05, 0.1) is 12.2 Å². The third-order valence-corrected chi connectivity index (χ3v) is 5.81. The van der Waals surface area contributed by atoms with Crippen LogP contribution in [-0.2, 0) is 9.59 Å². The number of rotatable bonds is 4. The third-order valence-electron chi connectivity index (χ3n) is 4.93. The van der Waals surface area contributed by atoms with Crippen LogP contribution >= 0.6 is 11.3 Å². The van der Waals surface area contributed by atoms with Gasteiger partial charge in [-0.05, 0) is 23.6 Å². The number of hydrogen-bond acceptors (Lipinski definition) is 6. The maximum Gasteiger partial charge on any atom is 0.269 e. The molecule has 0 aliphatic carbocycles. The van der Waals surface area contributed by atoms with Crippen molar-refractivity contribution < 1.29 is 14.3 Å². The molecular weight excluding hydrogens is 400 g/mol. The first kappa shape index (κ1) is 20.0. The van der Waals surface area contributed by atoms with E-state index in [0.29, 0.717) is 22.5 Å². The van der Waals surface area contributed by atoms with Gasteiger partial charge in [-0.2, -0.15) is 0 Å². The second-order valence-electron chi connectivity index (χ2n) is 7.38. The highest BCUT2D eigenvalue weighted by Crippen LogP contribution is 2.34. The van der Waals surface area contributed by atoms with Crippen LogP contribution in [0.2, 0.25) is 0 Å². The van der Waals surface area contributed by atoms with Crippen LogP contribution in [0.3, 0.4) is 0 Å². The van der Waals surface area contributed by atoms with Crippen molar-refractivity contribution in [3.05, 3.63) is 54.1 Å². The number of aromatic nitrogens is 2. The van der Waals surface area contributed by atoms with Crippen molar-refractivity contribution in [1.29, 1.82) is 0 Å². The number of fused-ring (bicyclic) bond motifs is 1. The summed E-state index contributed by atoms with van der Waals surface area (Å²) in [6, 6.07) is 15.3. The fourth-order valence-corrected chi connectivity index (χ4v) is 4.01. The lowest BCUT2D eigenvalue weighted by molar-refractivity contribution is -0.123. The highest BCUT2D eigenvalue weighted by Gasteiger charge is 2.33. The van der Waals surface area contributed by atoms with E-state index < -0.39 is 6.10 Å². The normalized spacial score (nSPS) is 15.5. The Morgan fingerprint density at radius 3 is 2.57 bits per heavy atom. The van der Waals surface area contributed by atoms with Crippen molar-refractivity contribution in [2.45, 2.75) is 32.8 Å². The number of benzene rings is 2.